The summed E-state index contributed by atoms with van der Waals surface area (Å²) in [6.45, 7) is 3.64. The number of sulfone groups is 1. The molecule has 116 valence electrons. The summed E-state index contributed by atoms with van der Waals surface area (Å²) in [5.41, 5.74) is 6.19. The van der Waals surface area contributed by atoms with Crippen molar-refractivity contribution in [2.75, 3.05) is 11.5 Å². The van der Waals surface area contributed by atoms with Gasteiger partial charge in [0.2, 0.25) is 5.91 Å². The molecule has 1 fully saturated rings. The lowest BCUT2D eigenvalue weighted by atomic mass is 10.1. The van der Waals surface area contributed by atoms with Crippen molar-refractivity contribution in [3.63, 3.8) is 0 Å². The number of rotatable bonds is 3. The summed E-state index contributed by atoms with van der Waals surface area (Å²) in [4.78, 5) is 23.5. The molecule has 1 aromatic heterocycles. The largest absolute Gasteiger partial charge is 0.273 e. The van der Waals surface area contributed by atoms with E-state index >= 15 is 0 Å². The van der Waals surface area contributed by atoms with Gasteiger partial charge in [-0.05, 0) is 26.3 Å². The number of aromatic nitrogens is 2. The quantitative estimate of drug-likeness (QED) is 0.701. The predicted octanol–water partition coefficient (Wildman–Crippen LogP) is -0.918. The summed E-state index contributed by atoms with van der Waals surface area (Å²) in [6.07, 6.45) is 0.293. The fourth-order valence-corrected chi connectivity index (χ4v) is 3.99. The zero-order valence-electron chi connectivity index (χ0n) is 11.9. The number of nitrogens with zero attached hydrogens (tertiary/aromatic N) is 2. The number of carbonyl (C=O) groups is 2. The van der Waals surface area contributed by atoms with Crippen LogP contribution in [0.2, 0.25) is 0 Å². The first-order valence-corrected chi connectivity index (χ1v) is 8.39. The van der Waals surface area contributed by atoms with E-state index in [1.54, 1.807) is 0 Å². The molecule has 0 radical (unpaired) electrons. The smallest absolute Gasteiger partial charge is 0.260 e. The average Bonchev–Trinajstić information content (AvgIpc) is 2.89. The molecule has 1 atom stereocenters. The molecule has 2 rings (SSSR count). The summed E-state index contributed by atoms with van der Waals surface area (Å²) < 4.78 is 24.1. The minimum atomic E-state index is -3.12. The molecule has 2 N–H and O–H groups in total. The Hall–Kier alpha value is -1.90. The van der Waals surface area contributed by atoms with Crippen LogP contribution in [-0.2, 0) is 26.0 Å². The van der Waals surface area contributed by atoms with E-state index in [1.165, 1.54) is 4.68 Å². The van der Waals surface area contributed by atoms with Crippen LogP contribution in [0.4, 0.5) is 0 Å². The van der Waals surface area contributed by atoms with E-state index in [0.29, 0.717) is 6.42 Å². The van der Waals surface area contributed by atoms with Crippen LogP contribution in [-0.4, -0.2) is 41.5 Å². The van der Waals surface area contributed by atoms with Crippen molar-refractivity contribution in [1.82, 2.24) is 20.6 Å². The van der Waals surface area contributed by atoms with Crippen LogP contribution < -0.4 is 10.9 Å². The van der Waals surface area contributed by atoms with E-state index < -0.39 is 27.6 Å². The maximum atomic E-state index is 11.7. The second kappa shape index (κ2) is 5.84. The zero-order chi connectivity index (χ0) is 15.6. The van der Waals surface area contributed by atoms with Gasteiger partial charge in [0.25, 0.3) is 5.91 Å². The van der Waals surface area contributed by atoms with Gasteiger partial charge in [-0.3, -0.25) is 25.1 Å². The van der Waals surface area contributed by atoms with Gasteiger partial charge >= 0.3 is 0 Å². The third kappa shape index (κ3) is 4.03. The van der Waals surface area contributed by atoms with Crippen molar-refractivity contribution in [3.8, 4) is 0 Å². The summed E-state index contributed by atoms with van der Waals surface area (Å²) >= 11 is 0. The zero-order valence-corrected chi connectivity index (χ0v) is 12.7. The molecule has 21 heavy (non-hydrogen) atoms. The molecule has 1 saturated heterocycles. The van der Waals surface area contributed by atoms with Crippen LogP contribution in [0.1, 0.15) is 17.8 Å². The van der Waals surface area contributed by atoms with Crippen LogP contribution >= 0.6 is 0 Å². The lowest BCUT2D eigenvalue weighted by molar-refractivity contribution is -0.131. The molecular weight excluding hydrogens is 296 g/mol. The predicted molar refractivity (Wildman–Crippen MR) is 74.7 cm³/mol. The van der Waals surface area contributed by atoms with E-state index in [0.717, 1.165) is 11.4 Å². The monoisotopic (exact) mass is 314 g/mol. The molecule has 9 heteroatoms. The molecule has 8 nitrogen and oxygen atoms in total. The first kappa shape index (κ1) is 15.5. The minimum Gasteiger partial charge on any atom is -0.273 e. The summed E-state index contributed by atoms with van der Waals surface area (Å²) in [5, 5.41) is 4.14. The Balaban J connectivity index is 1.82. The summed E-state index contributed by atoms with van der Waals surface area (Å²) in [7, 11) is -3.12. The Labute approximate surface area is 122 Å². The molecule has 0 bridgehead atoms. The minimum absolute atomic E-state index is 0.0110. The Bertz CT molecular complexity index is 665. The molecule has 0 spiro atoms. The van der Waals surface area contributed by atoms with Gasteiger partial charge in [0.05, 0.1) is 23.1 Å². The highest BCUT2D eigenvalue weighted by molar-refractivity contribution is 7.91. The topological polar surface area (TPSA) is 110 Å². The normalized spacial score (nSPS) is 20.2. The summed E-state index contributed by atoms with van der Waals surface area (Å²) in [5.74, 6) is -1.63. The van der Waals surface area contributed by atoms with E-state index in [1.807, 2.05) is 19.9 Å². The number of nitrogens with one attached hydrogen (secondary N) is 2. The number of aryl methyl sites for hydroxylation is 2. The number of carbonyl (C=O) groups excluding carboxylic acids is 2. The molecule has 2 heterocycles. The van der Waals surface area contributed by atoms with Gasteiger partial charge in [0.15, 0.2) is 9.84 Å². The first-order chi connectivity index (χ1) is 9.77. The van der Waals surface area contributed by atoms with E-state index in [-0.39, 0.29) is 18.1 Å². The lowest BCUT2D eigenvalue weighted by Crippen LogP contribution is -2.46. The van der Waals surface area contributed by atoms with Gasteiger partial charge < -0.3 is 0 Å². The number of hydrazine groups is 1. The number of hydrogen-bond acceptors (Lipinski definition) is 5. The van der Waals surface area contributed by atoms with Gasteiger partial charge in [-0.2, -0.15) is 5.10 Å². The number of hydrogen-bond donors (Lipinski definition) is 2. The van der Waals surface area contributed by atoms with Gasteiger partial charge in [0, 0.05) is 5.69 Å². The van der Waals surface area contributed by atoms with E-state index in [2.05, 4.69) is 16.0 Å². The molecular formula is C12H18N4O4S. The van der Waals surface area contributed by atoms with Crippen molar-refractivity contribution >= 4 is 21.7 Å². The van der Waals surface area contributed by atoms with Gasteiger partial charge in [-0.25, -0.2) is 8.42 Å². The average molecular weight is 314 g/mol. The van der Waals surface area contributed by atoms with E-state index in [9.17, 15) is 18.0 Å². The maximum absolute atomic E-state index is 11.7. The second-order valence-electron chi connectivity index (χ2n) is 5.22. The van der Waals surface area contributed by atoms with Crippen molar-refractivity contribution in [1.29, 1.82) is 0 Å². The summed E-state index contributed by atoms with van der Waals surface area (Å²) in [6, 6.07) is 1.84. The van der Waals surface area contributed by atoms with Crippen LogP contribution in [0, 0.1) is 19.8 Å². The lowest BCUT2D eigenvalue weighted by Gasteiger charge is -2.11. The van der Waals surface area contributed by atoms with Crippen LogP contribution in [0.15, 0.2) is 6.07 Å². The van der Waals surface area contributed by atoms with Crippen molar-refractivity contribution in [3.05, 3.63) is 17.5 Å². The highest BCUT2D eigenvalue weighted by Gasteiger charge is 2.33. The Kier molecular flexibility index (Phi) is 4.31. The standard InChI is InChI=1S/C12H18N4O4S/c1-8-5-9(2)16(15-8)6-11(17)13-14-12(18)10-3-4-21(19,20)7-10/h5,10H,3-4,6-7H2,1-2H3,(H,13,17)(H,14,18)/t10-/m0/s1. The maximum Gasteiger partial charge on any atom is 0.260 e. The van der Waals surface area contributed by atoms with Crippen LogP contribution in [0.25, 0.3) is 0 Å². The van der Waals surface area contributed by atoms with Gasteiger partial charge in [0.1, 0.15) is 6.54 Å². The molecule has 1 aromatic rings. The van der Waals surface area contributed by atoms with Crippen molar-refractivity contribution in [2.45, 2.75) is 26.8 Å². The third-order valence-corrected chi connectivity index (χ3v) is 5.09. The molecule has 1 aliphatic heterocycles. The molecule has 2 amide bonds. The Morgan fingerprint density at radius 3 is 2.62 bits per heavy atom. The molecule has 0 unspecified atom stereocenters. The Morgan fingerprint density at radius 1 is 1.38 bits per heavy atom. The fourth-order valence-electron chi connectivity index (χ4n) is 2.25. The van der Waals surface area contributed by atoms with E-state index in [4.69, 9.17) is 0 Å². The Morgan fingerprint density at radius 2 is 2.10 bits per heavy atom. The van der Waals surface area contributed by atoms with Crippen LogP contribution in [0.3, 0.4) is 0 Å². The molecule has 1 aliphatic rings. The SMILES string of the molecule is Cc1cc(C)n(CC(=O)NNC(=O)[C@H]2CCS(=O)(=O)C2)n1. The highest BCUT2D eigenvalue weighted by atomic mass is 32.2. The van der Waals surface area contributed by atoms with Crippen molar-refractivity contribution in [2.24, 2.45) is 5.92 Å². The van der Waals surface area contributed by atoms with Crippen LogP contribution in [0.5, 0.6) is 0 Å². The first-order valence-electron chi connectivity index (χ1n) is 6.57. The van der Waals surface area contributed by atoms with Gasteiger partial charge in [-0.1, -0.05) is 0 Å². The third-order valence-electron chi connectivity index (χ3n) is 3.33. The van der Waals surface area contributed by atoms with Gasteiger partial charge in [-0.15, -0.1) is 0 Å². The van der Waals surface area contributed by atoms with Crippen molar-refractivity contribution < 1.29 is 18.0 Å². The number of amides is 2. The second-order valence-corrected chi connectivity index (χ2v) is 7.45. The highest BCUT2D eigenvalue weighted by Crippen LogP contribution is 2.17. The molecule has 0 aromatic carbocycles. The molecule has 0 aliphatic carbocycles. The fraction of sp³-hybridized carbons (Fsp3) is 0.583. The molecule has 0 saturated carbocycles.